The van der Waals surface area contributed by atoms with Gasteiger partial charge in [0.1, 0.15) is 0 Å². The van der Waals surface area contributed by atoms with E-state index in [-0.39, 0.29) is 35.5 Å². The lowest BCUT2D eigenvalue weighted by Crippen LogP contribution is -2.32. The van der Waals surface area contributed by atoms with Crippen LogP contribution in [0.2, 0.25) is 0 Å². The third kappa shape index (κ3) is 1.41. The highest BCUT2D eigenvalue weighted by Crippen LogP contribution is 2.53. The van der Waals surface area contributed by atoms with Crippen molar-refractivity contribution in [1.29, 1.82) is 0 Å². The molecule has 0 spiro atoms. The molecular weight excluding hydrogens is 274 g/mol. The van der Waals surface area contributed by atoms with E-state index in [2.05, 4.69) is 12.2 Å². The largest absolute Gasteiger partial charge is 0.274 e. The minimum atomic E-state index is -0.131. The highest BCUT2D eigenvalue weighted by molar-refractivity contribution is 6.23. The van der Waals surface area contributed by atoms with E-state index in [1.807, 2.05) is 42.5 Å². The number of imide groups is 1. The van der Waals surface area contributed by atoms with Gasteiger partial charge in [0.15, 0.2) is 0 Å². The Morgan fingerprint density at radius 3 is 2.14 bits per heavy atom. The highest BCUT2D eigenvalue weighted by atomic mass is 16.2. The van der Waals surface area contributed by atoms with E-state index in [1.165, 1.54) is 4.90 Å². The molecule has 2 aromatic carbocycles. The van der Waals surface area contributed by atoms with E-state index in [4.69, 9.17) is 0 Å². The van der Waals surface area contributed by atoms with Crippen molar-refractivity contribution < 1.29 is 9.59 Å². The molecule has 4 atom stereocenters. The fourth-order valence-electron chi connectivity index (χ4n) is 4.47. The van der Waals surface area contributed by atoms with E-state index in [9.17, 15) is 9.59 Å². The Morgan fingerprint density at radius 2 is 1.45 bits per heavy atom. The first-order valence-electron chi connectivity index (χ1n) is 7.79. The molecule has 3 nitrogen and oxygen atoms in total. The first kappa shape index (κ1) is 12.2. The maximum atomic E-state index is 12.8. The highest BCUT2D eigenvalue weighted by Gasteiger charge is 2.59. The zero-order chi connectivity index (χ0) is 14.8. The van der Waals surface area contributed by atoms with Crippen molar-refractivity contribution in [2.75, 3.05) is 4.90 Å². The molecule has 1 saturated heterocycles. The summed E-state index contributed by atoms with van der Waals surface area (Å²) >= 11 is 0. The molecule has 2 aromatic rings. The summed E-state index contributed by atoms with van der Waals surface area (Å²) in [5.74, 6) is 0.237. The quantitative estimate of drug-likeness (QED) is 0.597. The summed E-state index contributed by atoms with van der Waals surface area (Å²) < 4.78 is 0. The van der Waals surface area contributed by atoms with Crippen LogP contribution in [0.3, 0.4) is 0 Å². The van der Waals surface area contributed by atoms with Gasteiger partial charge in [-0.25, -0.2) is 4.90 Å². The van der Waals surface area contributed by atoms with Crippen LogP contribution in [0.4, 0.5) is 5.69 Å². The molecule has 0 radical (unpaired) electrons. The summed E-state index contributed by atoms with van der Waals surface area (Å²) in [6, 6.07) is 13.8. The van der Waals surface area contributed by atoms with Crippen LogP contribution in [0, 0.1) is 23.7 Å². The van der Waals surface area contributed by atoms with Crippen molar-refractivity contribution in [1.82, 2.24) is 0 Å². The van der Waals surface area contributed by atoms with Crippen LogP contribution >= 0.6 is 0 Å². The lowest BCUT2D eigenvalue weighted by molar-refractivity contribution is -0.123. The fourth-order valence-corrected chi connectivity index (χ4v) is 4.47. The van der Waals surface area contributed by atoms with Gasteiger partial charge in [-0.2, -0.15) is 0 Å². The second kappa shape index (κ2) is 4.07. The summed E-state index contributed by atoms with van der Waals surface area (Å²) in [5, 5.41) is 2.17. The zero-order valence-electron chi connectivity index (χ0n) is 12.0. The summed E-state index contributed by atoms with van der Waals surface area (Å²) in [4.78, 5) is 27.0. The maximum absolute atomic E-state index is 12.8. The molecule has 5 rings (SSSR count). The third-order valence-electron chi connectivity index (χ3n) is 5.46. The second-order valence-electron chi connectivity index (χ2n) is 6.54. The second-order valence-corrected chi connectivity index (χ2v) is 6.54. The molecular formula is C19H15NO2. The average Bonchev–Trinajstić information content (AvgIpc) is 3.21. The van der Waals surface area contributed by atoms with Crippen LogP contribution in [0.15, 0.2) is 54.6 Å². The molecule has 108 valence electrons. The number of carbonyl (C=O) groups excluding carboxylic acids is 2. The van der Waals surface area contributed by atoms with Gasteiger partial charge in [0.05, 0.1) is 17.5 Å². The molecule has 2 aliphatic carbocycles. The predicted molar refractivity (Wildman–Crippen MR) is 84.2 cm³/mol. The molecule has 3 aliphatic rings. The van der Waals surface area contributed by atoms with Crippen molar-refractivity contribution in [2.45, 2.75) is 6.42 Å². The van der Waals surface area contributed by atoms with Crippen molar-refractivity contribution >= 4 is 28.3 Å². The minimum absolute atomic E-state index is 0.0119. The van der Waals surface area contributed by atoms with Gasteiger partial charge in [-0.05, 0) is 41.2 Å². The molecule has 22 heavy (non-hydrogen) atoms. The van der Waals surface area contributed by atoms with E-state index < -0.39 is 0 Å². The molecule has 0 aromatic heterocycles. The Bertz CT molecular complexity index is 823. The lowest BCUT2D eigenvalue weighted by Gasteiger charge is -2.17. The molecule has 1 aliphatic heterocycles. The molecule has 0 unspecified atom stereocenters. The van der Waals surface area contributed by atoms with Crippen LogP contribution < -0.4 is 4.90 Å². The molecule has 2 bridgehead atoms. The van der Waals surface area contributed by atoms with Gasteiger partial charge in [-0.1, -0.05) is 42.5 Å². The number of rotatable bonds is 1. The Labute approximate surface area is 128 Å². The number of carbonyl (C=O) groups is 2. The van der Waals surface area contributed by atoms with E-state index in [0.717, 1.165) is 17.2 Å². The number of allylic oxidation sites excluding steroid dienone is 2. The number of nitrogens with zero attached hydrogens (tertiary/aromatic N) is 1. The summed E-state index contributed by atoms with van der Waals surface area (Å²) in [6.07, 6.45) is 5.22. The Morgan fingerprint density at radius 1 is 0.818 bits per heavy atom. The van der Waals surface area contributed by atoms with E-state index >= 15 is 0 Å². The van der Waals surface area contributed by atoms with Crippen LogP contribution in [-0.4, -0.2) is 11.8 Å². The normalized spacial score (nSPS) is 32.3. The molecule has 1 heterocycles. The van der Waals surface area contributed by atoms with Gasteiger partial charge in [-0.15, -0.1) is 0 Å². The monoisotopic (exact) mass is 289 g/mol. The summed E-state index contributed by atoms with van der Waals surface area (Å²) in [5.41, 5.74) is 0.711. The van der Waals surface area contributed by atoms with Crippen LogP contribution in [0.25, 0.3) is 10.8 Å². The van der Waals surface area contributed by atoms with Gasteiger partial charge in [-0.3, -0.25) is 9.59 Å². The van der Waals surface area contributed by atoms with Crippen molar-refractivity contribution in [3.05, 3.63) is 54.6 Å². The number of hydrogen-bond donors (Lipinski definition) is 0. The number of amides is 2. The Hall–Kier alpha value is -2.42. The number of fused-ring (bicyclic) bond motifs is 6. The first-order valence-corrected chi connectivity index (χ1v) is 7.79. The van der Waals surface area contributed by atoms with E-state index in [0.29, 0.717) is 5.69 Å². The third-order valence-corrected chi connectivity index (χ3v) is 5.46. The van der Waals surface area contributed by atoms with Gasteiger partial charge in [0, 0.05) is 0 Å². The molecule has 1 saturated carbocycles. The molecule has 2 amide bonds. The lowest BCUT2D eigenvalue weighted by atomic mass is 9.85. The van der Waals surface area contributed by atoms with Crippen molar-refractivity contribution in [3.63, 3.8) is 0 Å². The van der Waals surface area contributed by atoms with E-state index in [1.54, 1.807) is 0 Å². The first-order chi connectivity index (χ1) is 10.7. The van der Waals surface area contributed by atoms with Gasteiger partial charge < -0.3 is 0 Å². The van der Waals surface area contributed by atoms with Crippen LogP contribution in [-0.2, 0) is 9.59 Å². The maximum Gasteiger partial charge on any atom is 0.238 e. The van der Waals surface area contributed by atoms with Crippen molar-refractivity contribution in [2.24, 2.45) is 23.7 Å². The van der Waals surface area contributed by atoms with Crippen molar-refractivity contribution in [3.8, 4) is 0 Å². The molecule has 0 N–H and O–H groups in total. The summed E-state index contributed by atoms with van der Waals surface area (Å²) in [6.45, 7) is 0. The average molecular weight is 289 g/mol. The topological polar surface area (TPSA) is 37.4 Å². The van der Waals surface area contributed by atoms with Gasteiger partial charge >= 0.3 is 0 Å². The zero-order valence-corrected chi connectivity index (χ0v) is 12.0. The summed E-state index contributed by atoms with van der Waals surface area (Å²) in [7, 11) is 0. The van der Waals surface area contributed by atoms with Crippen LogP contribution in [0.5, 0.6) is 0 Å². The van der Waals surface area contributed by atoms with Crippen LogP contribution in [0.1, 0.15) is 6.42 Å². The van der Waals surface area contributed by atoms with Gasteiger partial charge in [0.2, 0.25) is 11.8 Å². The number of benzene rings is 2. The SMILES string of the molecule is O=C1[C@@H]2[C@H](C(=O)N1c1ccc3ccccc3c1)[C@H]1C=C[C@H]2C1. The number of anilines is 1. The molecule has 2 fully saturated rings. The van der Waals surface area contributed by atoms with Gasteiger partial charge in [0.25, 0.3) is 0 Å². The number of hydrogen-bond acceptors (Lipinski definition) is 2. The molecule has 3 heteroatoms. The minimum Gasteiger partial charge on any atom is -0.274 e. The smallest absolute Gasteiger partial charge is 0.238 e. The Kier molecular flexibility index (Phi) is 2.25. The Balaban J connectivity index is 1.60. The predicted octanol–water partition coefficient (Wildman–Crippen LogP) is 3.15. The fraction of sp³-hybridized carbons (Fsp3) is 0.263. The standard InChI is InChI=1S/C19H15NO2/c21-18-16-13-5-6-14(9-13)17(16)19(22)20(18)15-8-7-11-3-1-2-4-12(11)10-15/h1-8,10,13-14,16-17H,9H2/t13-,14-,16-,17+/m0/s1.